The van der Waals surface area contributed by atoms with Gasteiger partial charge in [0.25, 0.3) is 0 Å². The predicted molar refractivity (Wildman–Crippen MR) is 229 cm³/mol. The zero-order valence-electron chi connectivity index (χ0n) is 30.7. The van der Waals surface area contributed by atoms with Crippen molar-refractivity contribution in [3.63, 3.8) is 0 Å². The highest BCUT2D eigenvalue weighted by Gasteiger charge is 2.25. The van der Waals surface area contributed by atoms with E-state index < -0.39 is 0 Å². The van der Waals surface area contributed by atoms with Crippen LogP contribution in [0.25, 0.3) is 72.2 Å². The Hall–Kier alpha value is -7.10. The number of furan rings is 1. The van der Waals surface area contributed by atoms with Crippen LogP contribution >= 0.6 is 0 Å². The van der Waals surface area contributed by atoms with Crippen LogP contribution in [0.5, 0.6) is 0 Å². The molecule has 2 heterocycles. The van der Waals surface area contributed by atoms with E-state index in [9.17, 15) is 0 Å². The minimum atomic E-state index is 0.735. The zero-order valence-corrected chi connectivity index (χ0v) is 30.7. The van der Waals surface area contributed by atoms with Gasteiger partial charge < -0.3 is 4.42 Å². The molecule has 3 heteroatoms. The molecule has 0 spiro atoms. The number of aromatic nitrogens is 2. The molecule has 0 fully saturated rings. The third-order valence-corrected chi connectivity index (χ3v) is 11.5. The van der Waals surface area contributed by atoms with Crippen molar-refractivity contribution in [2.45, 2.75) is 19.3 Å². The molecule has 0 saturated carbocycles. The monoisotopic (exact) mass is 716 g/mol. The van der Waals surface area contributed by atoms with E-state index in [-0.39, 0.29) is 0 Å². The second kappa shape index (κ2) is 13.3. The molecule has 0 unspecified atom stereocenters. The maximum atomic E-state index is 6.72. The maximum Gasteiger partial charge on any atom is 0.160 e. The molecule has 3 nitrogen and oxygen atoms in total. The topological polar surface area (TPSA) is 38.9 Å². The van der Waals surface area contributed by atoms with Crippen molar-refractivity contribution >= 4 is 38.5 Å². The second-order valence-corrected chi connectivity index (χ2v) is 14.7. The Morgan fingerprint density at radius 2 is 1.04 bits per heavy atom. The van der Waals surface area contributed by atoms with Crippen LogP contribution in [0, 0.1) is 0 Å². The number of allylic oxidation sites excluding steroid dienone is 1. The Kier molecular flexibility index (Phi) is 7.70. The fourth-order valence-corrected chi connectivity index (χ4v) is 8.80. The van der Waals surface area contributed by atoms with Crippen molar-refractivity contribution in [3.8, 4) is 33.8 Å². The summed E-state index contributed by atoms with van der Waals surface area (Å²) in [5, 5.41) is 6.02. The standard InChI is InChI=1S/C53H36N2O/c1-4-15-34(16-5-1)39-25-14-26-50-51(39)47-32-45(42-23-12-13-24-43(42)52(47)56-50)36-29-27-35(28-30-36)44-31-46(41-22-11-10-21-40(41)44)49-33-48(37-17-6-2-7-18-37)54-53(55-49)38-19-8-3-9-20-38/h1-13,15-25,27-30,32-33H,14,26,31H2. The van der Waals surface area contributed by atoms with Crippen LogP contribution in [-0.2, 0) is 6.42 Å². The van der Waals surface area contributed by atoms with Crippen LogP contribution in [0.15, 0.2) is 186 Å². The van der Waals surface area contributed by atoms with Gasteiger partial charge in [-0.1, -0.05) is 170 Å². The fraction of sp³-hybridized carbons (Fsp3) is 0.0566. The van der Waals surface area contributed by atoms with Gasteiger partial charge in [-0.05, 0) is 73.4 Å². The van der Waals surface area contributed by atoms with Crippen molar-refractivity contribution in [2.75, 3.05) is 0 Å². The van der Waals surface area contributed by atoms with Crippen molar-refractivity contribution in [1.29, 1.82) is 0 Å². The van der Waals surface area contributed by atoms with E-state index in [1.165, 1.54) is 65.7 Å². The summed E-state index contributed by atoms with van der Waals surface area (Å²) < 4.78 is 6.72. The van der Waals surface area contributed by atoms with E-state index >= 15 is 0 Å². The molecule has 2 aromatic heterocycles. The summed E-state index contributed by atoms with van der Waals surface area (Å²) in [7, 11) is 0. The summed E-state index contributed by atoms with van der Waals surface area (Å²) in [4.78, 5) is 10.3. The van der Waals surface area contributed by atoms with Crippen molar-refractivity contribution < 1.29 is 4.42 Å². The van der Waals surface area contributed by atoms with Crippen molar-refractivity contribution in [1.82, 2.24) is 9.97 Å². The first kappa shape index (κ1) is 32.3. The number of nitrogens with zero attached hydrogens (tertiary/aromatic N) is 2. The molecule has 56 heavy (non-hydrogen) atoms. The van der Waals surface area contributed by atoms with Gasteiger partial charge >= 0.3 is 0 Å². The largest absolute Gasteiger partial charge is 0.460 e. The Labute approximate surface area is 325 Å². The molecule has 0 saturated heterocycles. The summed E-state index contributed by atoms with van der Waals surface area (Å²) in [5.74, 6) is 1.82. The van der Waals surface area contributed by atoms with Crippen LogP contribution < -0.4 is 10.4 Å². The molecule has 0 radical (unpaired) electrons. The highest BCUT2D eigenvalue weighted by Crippen LogP contribution is 2.44. The van der Waals surface area contributed by atoms with Gasteiger partial charge in [-0.25, -0.2) is 9.97 Å². The Morgan fingerprint density at radius 1 is 0.446 bits per heavy atom. The van der Waals surface area contributed by atoms with Crippen LogP contribution in [0.3, 0.4) is 0 Å². The lowest BCUT2D eigenvalue weighted by Crippen LogP contribution is -2.24. The van der Waals surface area contributed by atoms with Gasteiger partial charge in [-0.2, -0.15) is 0 Å². The van der Waals surface area contributed by atoms with Gasteiger partial charge in [0, 0.05) is 40.3 Å². The number of fused-ring (bicyclic) bond motifs is 6. The average molecular weight is 717 g/mol. The lowest BCUT2D eigenvalue weighted by atomic mass is 9.87. The Morgan fingerprint density at radius 3 is 1.77 bits per heavy atom. The van der Waals surface area contributed by atoms with Gasteiger partial charge in [0.05, 0.1) is 11.4 Å². The second-order valence-electron chi connectivity index (χ2n) is 14.7. The molecule has 0 bridgehead atoms. The summed E-state index contributed by atoms with van der Waals surface area (Å²) in [6.45, 7) is 0. The molecule has 11 rings (SSSR count). The zero-order chi connectivity index (χ0) is 37.0. The first-order valence-electron chi connectivity index (χ1n) is 19.4. The molecule has 264 valence electrons. The SMILES string of the molecule is C1=C(c2ccccc2)c2c(oc3c2cc(-c2ccc(C4=c5ccccc5=C(c5cc(-c6ccccc6)nc(-c6ccccc6)n5)C4)cc2)c2ccccc23)CC1. The normalized spacial score (nSPS) is 13.5. The lowest BCUT2D eigenvalue weighted by molar-refractivity contribution is 0.548. The van der Waals surface area contributed by atoms with Crippen molar-refractivity contribution in [2.24, 2.45) is 0 Å². The quantitative estimate of drug-likeness (QED) is 0.172. The molecular formula is C53H36N2O. The Bertz CT molecular complexity index is 3070. The maximum absolute atomic E-state index is 6.72. The van der Waals surface area contributed by atoms with E-state index in [0.717, 1.165) is 64.3 Å². The van der Waals surface area contributed by atoms with Gasteiger partial charge in [-0.15, -0.1) is 0 Å². The molecule has 0 amide bonds. The van der Waals surface area contributed by atoms with Gasteiger partial charge in [0.1, 0.15) is 11.3 Å². The minimum Gasteiger partial charge on any atom is -0.460 e. The number of rotatable bonds is 6. The van der Waals surface area contributed by atoms with Crippen LogP contribution in [0.2, 0.25) is 0 Å². The van der Waals surface area contributed by atoms with Crippen molar-refractivity contribution in [3.05, 3.63) is 221 Å². The van der Waals surface area contributed by atoms with Crippen LogP contribution in [-0.4, -0.2) is 9.97 Å². The molecule has 2 aliphatic carbocycles. The third-order valence-electron chi connectivity index (χ3n) is 11.5. The summed E-state index contributed by atoms with van der Waals surface area (Å²) >= 11 is 0. The minimum absolute atomic E-state index is 0.735. The average Bonchev–Trinajstić information content (AvgIpc) is 3.86. The van der Waals surface area contributed by atoms with E-state index in [2.05, 4.69) is 158 Å². The molecule has 0 aliphatic heterocycles. The van der Waals surface area contributed by atoms with Gasteiger partial charge in [0.2, 0.25) is 0 Å². The summed E-state index contributed by atoms with van der Waals surface area (Å²) in [5.41, 5.74) is 14.8. The molecule has 0 N–H and O–H groups in total. The fourth-order valence-electron chi connectivity index (χ4n) is 8.80. The third kappa shape index (κ3) is 5.43. The van der Waals surface area contributed by atoms with Gasteiger partial charge in [-0.3, -0.25) is 0 Å². The highest BCUT2D eigenvalue weighted by atomic mass is 16.3. The number of aryl methyl sites for hydroxylation is 1. The van der Waals surface area contributed by atoms with E-state index in [4.69, 9.17) is 14.4 Å². The van der Waals surface area contributed by atoms with E-state index in [0.29, 0.717) is 0 Å². The number of hydrogen-bond acceptors (Lipinski definition) is 3. The first-order valence-corrected chi connectivity index (χ1v) is 19.4. The molecular weight excluding hydrogens is 681 g/mol. The molecule has 9 aromatic rings. The van der Waals surface area contributed by atoms with E-state index in [1.54, 1.807) is 0 Å². The molecule has 7 aromatic carbocycles. The molecule has 0 atom stereocenters. The van der Waals surface area contributed by atoms with Crippen LogP contribution in [0.4, 0.5) is 0 Å². The van der Waals surface area contributed by atoms with Crippen LogP contribution in [0.1, 0.15) is 41.0 Å². The Balaban J connectivity index is 1.02. The summed E-state index contributed by atoms with van der Waals surface area (Å²) in [6.07, 6.45) is 5.05. The molecule has 2 aliphatic rings. The summed E-state index contributed by atoms with van der Waals surface area (Å²) in [6, 6.07) is 62.6. The van der Waals surface area contributed by atoms with Gasteiger partial charge in [0.15, 0.2) is 5.82 Å². The lowest BCUT2D eigenvalue weighted by Gasteiger charge is -2.14. The predicted octanol–water partition coefficient (Wildman–Crippen LogP) is 11.6. The number of hydrogen-bond donors (Lipinski definition) is 0. The van der Waals surface area contributed by atoms with E-state index in [1.807, 2.05) is 24.3 Å². The first-order chi connectivity index (χ1) is 27.8. The highest BCUT2D eigenvalue weighted by molar-refractivity contribution is 6.15. The smallest absolute Gasteiger partial charge is 0.160 e. The number of benzene rings is 7.